The van der Waals surface area contributed by atoms with Crippen molar-refractivity contribution < 1.29 is 4.79 Å². The first-order chi connectivity index (χ1) is 8.00. The van der Waals surface area contributed by atoms with Crippen LogP contribution < -0.4 is 0 Å². The lowest BCUT2D eigenvalue weighted by Gasteiger charge is -2.07. The zero-order valence-corrected chi connectivity index (χ0v) is 11.6. The Morgan fingerprint density at radius 2 is 1.71 bits per heavy atom. The first kappa shape index (κ1) is 12.3. The van der Waals surface area contributed by atoms with Crippen LogP contribution in [0.15, 0.2) is 22.9 Å². The Hall–Kier alpha value is -1.12. The number of aryl methyl sites for hydroxylation is 3. The minimum atomic E-state index is 0.0843. The Morgan fingerprint density at radius 1 is 1.00 bits per heavy atom. The summed E-state index contributed by atoms with van der Waals surface area (Å²) >= 11 is 7.59. The number of carbonyl (C=O) groups excluding carboxylic acids is 1. The van der Waals surface area contributed by atoms with Crippen LogP contribution in [-0.4, -0.2) is 5.78 Å². The highest BCUT2D eigenvalue weighted by Crippen LogP contribution is 2.24. The van der Waals surface area contributed by atoms with Crippen LogP contribution in [0, 0.1) is 20.8 Å². The third kappa shape index (κ3) is 2.28. The lowest BCUT2D eigenvalue weighted by Crippen LogP contribution is -2.04. The molecule has 2 aromatic rings. The predicted octanol–water partition coefficient (Wildman–Crippen LogP) is 4.56. The van der Waals surface area contributed by atoms with Crippen LogP contribution in [0.4, 0.5) is 0 Å². The van der Waals surface area contributed by atoms with E-state index in [0.717, 1.165) is 27.8 Å². The van der Waals surface area contributed by atoms with Crippen LogP contribution in [0.3, 0.4) is 0 Å². The third-order valence-corrected chi connectivity index (χ3v) is 4.12. The number of benzene rings is 1. The van der Waals surface area contributed by atoms with Gasteiger partial charge in [0.1, 0.15) is 0 Å². The van der Waals surface area contributed by atoms with Gasteiger partial charge in [-0.1, -0.05) is 11.6 Å². The maximum absolute atomic E-state index is 12.4. The molecule has 0 saturated carbocycles. The molecule has 2 rings (SSSR count). The van der Waals surface area contributed by atoms with Crippen LogP contribution in [0.1, 0.15) is 32.6 Å². The molecule has 1 aromatic heterocycles. The first-order valence-electron chi connectivity index (χ1n) is 5.35. The second-order valence-corrected chi connectivity index (χ2v) is 5.36. The van der Waals surface area contributed by atoms with E-state index in [1.807, 2.05) is 43.7 Å². The molecule has 0 bridgehead atoms. The van der Waals surface area contributed by atoms with Crippen molar-refractivity contribution in [3.05, 3.63) is 55.7 Å². The molecule has 0 saturated heterocycles. The second kappa shape index (κ2) is 4.63. The van der Waals surface area contributed by atoms with E-state index in [-0.39, 0.29) is 5.78 Å². The zero-order chi connectivity index (χ0) is 12.6. The number of ketones is 1. The van der Waals surface area contributed by atoms with Crippen molar-refractivity contribution in [2.45, 2.75) is 20.8 Å². The largest absolute Gasteiger partial charge is 0.289 e. The average Bonchev–Trinajstić information content (AvgIpc) is 2.69. The van der Waals surface area contributed by atoms with Gasteiger partial charge in [0.05, 0.1) is 0 Å². The molecule has 0 atom stereocenters. The number of hydrogen-bond donors (Lipinski definition) is 0. The van der Waals surface area contributed by atoms with Crippen molar-refractivity contribution in [2.75, 3.05) is 0 Å². The van der Waals surface area contributed by atoms with Crippen molar-refractivity contribution in [3.63, 3.8) is 0 Å². The minimum Gasteiger partial charge on any atom is -0.289 e. The molecular weight excluding hydrogens is 252 g/mol. The van der Waals surface area contributed by atoms with E-state index in [1.165, 1.54) is 0 Å². The molecule has 1 aromatic carbocycles. The van der Waals surface area contributed by atoms with E-state index in [2.05, 4.69) is 0 Å². The fraction of sp³-hybridized carbons (Fsp3) is 0.214. The summed E-state index contributed by atoms with van der Waals surface area (Å²) in [6.07, 6.45) is 0. The Balaban J connectivity index is 2.52. The standard InChI is InChI=1S/C14H13ClOS/c1-8-5-13(15)9(2)4-11(8)14(16)12-7-17-6-10(12)3/h4-7H,1-3H3. The summed E-state index contributed by atoms with van der Waals surface area (Å²) in [6, 6.07) is 3.73. The van der Waals surface area contributed by atoms with E-state index in [4.69, 9.17) is 11.6 Å². The highest BCUT2D eigenvalue weighted by Gasteiger charge is 2.15. The maximum atomic E-state index is 12.4. The van der Waals surface area contributed by atoms with Crippen molar-refractivity contribution in [1.82, 2.24) is 0 Å². The van der Waals surface area contributed by atoms with E-state index in [9.17, 15) is 4.79 Å². The molecule has 0 aliphatic heterocycles. The fourth-order valence-corrected chi connectivity index (χ4v) is 2.81. The summed E-state index contributed by atoms with van der Waals surface area (Å²) in [4.78, 5) is 12.4. The number of thiophene rings is 1. The quantitative estimate of drug-likeness (QED) is 0.727. The Morgan fingerprint density at radius 3 is 2.29 bits per heavy atom. The smallest absolute Gasteiger partial charge is 0.194 e. The molecule has 88 valence electrons. The lowest BCUT2D eigenvalue weighted by atomic mass is 9.97. The number of rotatable bonds is 2. The second-order valence-electron chi connectivity index (χ2n) is 4.21. The first-order valence-corrected chi connectivity index (χ1v) is 6.67. The molecular formula is C14H13ClOS. The SMILES string of the molecule is Cc1cc(C(=O)c2cscc2C)c(C)cc1Cl. The van der Waals surface area contributed by atoms with Gasteiger partial charge in [0.15, 0.2) is 5.78 Å². The summed E-state index contributed by atoms with van der Waals surface area (Å²) in [5.74, 6) is 0.0843. The average molecular weight is 265 g/mol. The fourth-order valence-electron chi connectivity index (χ4n) is 1.76. The Bertz CT molecular complexity index is 584. The highest BCUT2D eigenvalue weighted by molar-refractivity contribution is 7.08. The topological polar surface area (TPSA) is 17.1 Å². The maximum Gasteiger partial charge on any atom is 0.194 e. The molecule has 0 N–H and O–H groups in total. The summed E-state index contributed by atoms with van der Waals surface area (Å²) in [6.45, 7) is 5.79. The summed E-state index contributed by atoms with van der Waals surface area (Å²) < 4.78 is 0. The molecule has 0 amide bonds. The summed E-state index contributed by atoms with van der Waals surface area (Å²) in [7, 11) is 0. The number of hydrogen-bond acceptors (Lipinski definition) is 2. The molecule has 0 aliphatic rings. The van der Waals surface area contributed by atoms with Gasteiger partial charge in [-0.2, -0.15) is 11.3 Å². The normalized spacial score (nSPS) is 10.6. The van der Waals surface area contributed by atoms with E-state index < -0.39 is 0 Å². The van der Waals surface area contributed by atoms with Crippen molar-refractivity contribution >= 4 is 28.7 Å². The van der Waals surface area contributed by atoms with Gasteiger partial charge in [0.2, 0.25) is 0 Å². The monoisotopic (exact) mass is 264 g/mol. The van der Waals surface area contributed by atoms with Gasteiger partial charge in [-0.3, -0.25) is 4.79 Å². The summed E-state index contributed by atoms with van der Waals surface area (Å²) in [5.41, 5.74) is 4.44. The molecule has 0 aliphatic carbocycles. The van der Waals surface area contributed by atoms with Crippen LogP contribution in [0.2, 0.25) is 5.02 Å². The lowest BCUT2D eigenvalue weighted by molar-refractivity contribution is 0.103. The van der Waals surface area contributed by atoms with Crippen LogP contribution >= 0.6 is 22.9 Å². The van der Waals surface area contributed by atoms with Crippen LogP contribution in [-0.2, 0) is 0 Å². The minimum absolute atomic E-state index is 0.0843. The molecule has 1 nitrogen and oxygen atoms in total. The van der Waals surface area contributed by atoms with E-state index in [0.29, 0.717) is 5.02 Å². The van der Waals surface area contributed by atoms with Crippen molar-refractivity contribution in [3.8, 4) is 0 Å². The van der Waals surface area contributed by atoms with Crippen molar-refractivity contribution in [2.24, 2.45) is 0 Å². The molecule has 0 spiro atoms. The van der Waals surface area contributed by atoms with Gasteiger partial charge in [0, 0.05) is 21.5 Å². The van der Waals surface area contributed by atoms with Crippen molar-refractivity contribution in [1.29, 1.82) is 0 Å². The van der Waals surface area contributed by atoms with Crippen LogP contribution in [0.25, 0.3) is 0 Å². The Kier molecular flexibility index (Phi) is 3.36. The van der Waals surface area contributed by atoms with Gasteiger partial charge < -0.3 is 0 Å². The number of carbonyl (C=O) groups is 1. The van der Waals surface area contributed by atoms with Gasteiger partial charge in [-0.05, 0) is 55.0 Å². The van der Waals surface area contributed by atoms with E-state index >= 15 is 0 Å². The molecule has 0 radical (unpaired) electrons. The predicted molar refractivity (Wildman–Crippen MR) is 73.4 cm³/mol. The third-order valence-electron chi connectivity index (χ3n) is 2.85. The van der Waals surface area contributed by atoms with E-state index in [1.54, 1.807) is 11.3 Å². The highest BCUT2D eigenvalue weighted by atomic mass is 35.5. The van der Waals surface area contributed by atoms with Gasteiger partial charge in [-0.15, -0.1) is 0 Å². The van der Waals surface area contributed by atoms with Gasteiger partial charge >= 0.3 is 0 Å². The molecule has 1 heterocycles. The molecule has 0 unspecified atom stereocenters. The molecule has 0 fully saturated rings. The number of halogens is 1. The van der Waals surface area contributed by atoms with Gasteiger partial charge in [0.25, 0.3) is 0 Å². The zero-order valence-electron chi connectivity index (χ0n) is 10.0. The summed E-state index contributed by atoms with van der Waals surface area (Å²) in [5, 5.41) is 4.60. The molecule has 17 heavy (non-hydrogen) atoms. The Labute approximate surface area is 110 Å². The van der Waals surface area contributed by atoms with Gasteiger partial charge in [-0.25, -0.2) is 0 Å². The molecule has 3 heteroatoms. The van der Waals surface area contributed by atoms with Crippen LogP contribution in [0.5, 0.6) is 0 Å².